The van der Waals surface area contributed by atoms with E-state index in [9.17, 15) is 24.1 Å². The quantitative estimate of drug-likeness (QED) is 0.633. The number of benzene rings is 1. The van der Waals surface area contributed by atoms with Crippen LogP contribution in [0.4, 0.5) is 10.1 Å². The van der Waals surface area contributed by atoms with Gasteiger partial charge in [0.05, 0.1) is 4.92 Å². The van der Waals surface area contributed by atoms with E-state index in [1.165, 1.54) is 13.8 Å². The summed E-state index contributed by atoms with van der Waals surface area (Å²) in [6.07, 6.45) is 0. The second-order valence-corrected chi connectivity index (χ2v) is 4.30. The highest BCUT2D eigenvalue weighted by Crippen LogP contribution is 2.20. The van der Waals surface area contributed by atoms with E-state index in [2.05, 4.69) is 5.32 Å². The minimum Gasteiger partial charge on any atom is -0.480 e. The molecule has 0 bridgehead atoms. The molecule has 2 N–H and O–H groups in total. The van der Waals surface area contributed by atoms with Crippen LogP contribution in [0.5, 0.6) is 0 Å². The van der Waals surface area contributed by atoms with Gasteiger partial charge in [-0.2, -0.15) is 0 Å². The van der Waals surface area contributed by atoms with Gasteiger partial charge in [-0.15, -0.1) is 0 Å². The lowest BCUT2D eigenvalue weighted by Gasteiger charge is -2.20. The first-order valence-electron chi connectivity index (χ1n) is 5.15. The summed E-state index contributed by atoms with van der Waals surface area (Å²) < 4.78 is 13.0. The second kappa shape index (κ2) is 5.01. The van der Waals surface area contributed by atoms with E-state index >= 15 is 0 Å². The molecule has 0 saturated heterocycles. The van der Waals surface area contributed by atoms with Gasteiger partial charge < -0.3 is 10.4 Å². The van der Waals surface area contributed by atoms with E-state index in [1.54, 1.807) is 0 Å². The Morgan fingerprint density at radius 2 is 2.00 bits per heavy atom. The zero-order valence-corrected chi connectivity index (χ0v) is 10.1. The Hall–Kier alpha value is -2.51. The lowest BCUT2D eigenvalue weighted by Crippen LogP contribution is -2.49. The highest BCUT2D eigenvalue weighted by Gasteiger charge is 2.31. The number of carboxylic acids is 1. The number of nitro benzene ring substituents is 1. The third-order valence-electron chi connectivity index (χ3n) is 2.36. The molecule has 0 fully saturated rings. The van der Waals surface area contributed by atoms with Gasteiger partial charge in [0.25, 0.3) is 11.6 Å². The predicted octanol–water partition coefficient (Wildman–Crippen LogP) is 1.33. The summed E-state index contributed by atoms with van der Waals surface area (Å²) in [6, 6.07) is 2.38. The number of aliphatic carboxylic acids is 1. The van der Waals surface area contributed by atoms with Crippen molar-refractivity contribution in [2.75, 3.05) is 0 Å². The van der Waals surface area contributed by atoms with Crippen molar-refractivity contribution >= 4 is 17.6 Å². The number of carboxylic acid groups (broad SMARTS) is 1. The fraction of sp³-hybridized carbons (Fsp3) is 0.273. The molecule has 1 rings (SSSR count). The third-order valence-corrected chi connectivity index (χ3v) is 2.36. The maximum atomic E-state index is 13.0. The van der Waals surface area contributed by atoms with Crippen LogP contribution in [-0.2, 0) is 4.79 Å². The summed E-state index contributed by atoms with van der Waals surface area (Å²) in [6.45, 7) is 2.41. The van der Waals surface area contributed by atoms with Crippen molar-refractivity contribution in [3.05, 3.63) is 39.7 Å². The van der Waals surface area contributed by atoms with Crippen LogP contribution in [0.3, 0.4) is 0 Å². The van der Waals surface area contributed by atoms with Crippen LogP contribution < -0.4 is 5.32 Å². The molecule has 0 saturated carbocycles. The smallest absolute Gasteiger partial charge is 0.328 e. The van der Waals surface area contributed by atoms with Gasteiger partial charge in [0.2, 0.25) is 0 Å². The molecule has 0 spiro atoms. The predicted molar refractivity (Wildman–Crippen MR) is 62.2 cm³/mol. The lowest BCUT2D eigenvalue weighted by molar-refractivity contribution is -0.385. The number of rotatable bonds is 4. The van der Waals surface area contributed by atoms with Crippen molar-refractivity contribution in [1.82, 2.24) is 5.32 Å². The van der Waals surface area contributed by atoms with Crippen LogP contribution in [0.2, 0.25) is 0 Å². The minimum absolute atomic E-state index is 0.528. The molecule has 0 aromatic heterocycles. The number of nitrogens with zero attached hydrogens (tertiary/aromatic N) is 1. The molecule has 102 valence electrons. The standard InChI is InChI=1S/C11H11FN2O5/c1-11(2,10(16)17)13-9(15)7-5-6(12)3-4-8(7)14(18)19/h3-5H,1-2H3,(H,13,15)(H,16,17). The molecule has 1 amide bonds. The van der Waals surface area contributed by atoms with Crippen LogP contribution in [0, 0.1) is 15.9 Å². The number of carbonyl (C=O) groups is 2. The molecule has 0 radical (unpaired) electrons. The van der Waals surface area contributed by atoms with Gasteiger partial charge in [0, 0.05) is 6.07 Å². The van der Waals surface area contributed by atoms with Gasteiger partial charge in [0.1, 0.15) is 16.9 Å². The summed E-state index contributed by atoms with van der Waals surface area (Å²) in [5.41, 5.74) is -2.75. The van der Waals surface area contributed by atoms with Crippen LogP contribution in [0.25, 0.3) is 0 Å². The normalized spacial score (nSPS) is 10.9. The van der Waals surface area contributed by atoms with Crippen molar-refractivity contribution in [3.8, 4) is 0 Å². The van der Waals surface area contributed by atoms with E-state index in [0.29, 0.717) is 6.07 Å². The number of hydrogen-bond donors (Lipinski definition) is 2. The SMILES string of the molecule is CC(C)(NC(=O)c1cc(F)ccc1[N+](=O)[O-])C(=O)O. The molecule has 0 heterocycles. The average Bonchev–Trinajstić information content (AvgIpc) is 2.27. The van der Waals surface area contributed by atoms with E-state index in [-0.39, 0.29) is 0 Å². The molecule has 1 aromatic rings. The summed E-state index contributed by atoms with van der Waals surface area (Å²) in [5.74, 6) is -3.18. The molecule has 0 aliphatic rings. The van der Waals surface area contributed by atoms with Gasteiger partial charge in [0.15, 0.2) is 0 Å². The van der Waals surface area contributed by atoms with Crippen LogP contribution >= 0.6 is 0 Å². The molecule has 1 aromatic carbocycles. The van der Waals surface area contributed by atoms with Gasteiger partial charge in [-0.25, -0.2) is 9.18 Å². The molecular weight excluding hydrogens is 259 g/mol. The zero-order chi connectivity index (χ0) is 14.8. The van der Waals surface area contributed by atoms with Crippen molar-refractivity contribution in [3.63, 3.8) is 0 Å². The molecule has 7 nitrogen and oxygen atoms in total. The van der Waals surface area contributed by atoms with E-state index in [4.69, 9.17) is 5.11 Å². The Bertz CT molecular complexity index is 556. The van der Waals surface area contributed by atoms with Gasteiger partial charge >= 0.3 is 5.97 Å². The first-order valence-corrected chi connectivity index (χ1v) is 5.15. The maximum Gasteiger partial charge on any atom is 0.328 e. The monoisotopic (exact) mass is 270 g/mol. The Kier molecular flexibility index (Phi) is 3.83. The first kappa shape index (κ1) is 14.6. The van der Waals surface area contributed by atoms with Crippen LogP contribution in [-0.4, -0.2) is 27.4 Å². The minimum atomic E-state index is -1.63. The average molecular weight is 270 g/mol. The van der Waals surface area contributed by atoms with Gasteiger partial charge in [-0.3, -0.25) is 14.9 Å². The fourth-order valence-electron chi connectivity index (χ4n) is 1.25. The number of nitro groups is 1. The first-order chi connectivity index (χ1) is 8.65. The Morgan fingerprint density at radius 1 is 1.42 bits per heavy atom. The number of hydrogen-bond acceptors (Lipinski definition) is 4. The summed E-state index contributed by atoms with van der Waals surface area (Å²) in [4.78, 5) is 32.5. The largest absolute Gasteiger partial charge is 0.480 e. The van der Waals surface area contributed by atoms with Crippen molar-refractivity contribution in [2.24, 2.45) is 0 Å². The Balaban J connectivity index is 3.16. The maximum absolute atomic E-state index is 13.0. The Morgan fingerprint density at radius 3 is 2.47 bits per heavy atom. The van der Waals surface area contributed by atoms with Gasteiger partial charge in [-0.05, 0) is 26.0 Å². The third kappa shape index (κ3) is 3.24. The highest BCUT2D eigenvalue weighted by atomic mass is 19.1. The molecule has 0 unspecified atom stereocenters. The number of nitrogens with one attached hydrogen (secondary N) is 1. The summed E-state index contributed by atoms with van der Waals surface area (Å²) in [7, 11) is 0. The van der Waals surface area contributed by atoms with Crippen molar-refractivity contribution in [2.45, 2.75) is 19.4 Å². The van der Waals surface area contributed by atoms with E-state index in [0.717, 1.165) is 12.1 Å². The van der Waals surface area contributed by atoms with Crippen molar-refractivity contribution < 1.29 is 24.0 Å². The van der Waals surface area contributed by atoms with Crippen LogP contribution in [0.1, 0.15) is 24.2 Å². The summed E-state index contributed by atoms with van der Waals surface area (Å²) >= 11 is 0. The zero-order valence-electron chi connectivity index (χ0n) is 10.1. The topological polar surface area (TPSA) is 110 Å². The lowest BCUT2D eigenvalue weighted by atomic mass is 10.0. The van der Waals surface area contributed by atoms with E-state index in [1.807, 2.05) is 0 Å². The number of carbonyl (C=O) groups excluding carboxylic acids is 1. The summed E-state index contributed by atoms with van der Waals surface area (Å²) in [5, 5.41) is 21.7. The molecular formula is C11H11FN2O5. The number of halogens is 1. The van der Waals surface area contributed by atoms with Gasteiger partial charge in [-0.1, -0.05) is 0 Å². The molecule has 0 atom stereocenters. The second-order valence-electron chi connectivity index (χ2n) is 4.30. The highest BCUT2D eigenvalue weighted by molar-refractivity contribution is 6.00. The molecule has 8 heteroatoms. The number of amides is 1. The van der Waals surface area contributed by atoms with Crippen molar-refractivity contribution in [1.29, 1.82) is 0 Å². The fourth-order valence-corrected chi connectivity index (χ4v) is 1.25. The van der Waals surface area contributed by atoms with Crippen LogP contribution in [0.15, 0.2) is 18.2 Å². The molecule has 0 aliphatic carbocycles. The molecule has 0 aliphatic heterocycles. The molecule has 19 heavy (non-hydrogen) atoms. The van der Waals surface area contributed by atoms with E-state index < -0.39 is 39.4 Å². The Labute approximate surface area is 107 Å².